The monoisotopic (exact) mass is 278 g/mol. The molecule has 0 aliphatic carbocycles. The Morgan fingerprint density at radius 1 is 1.26 bits per heavy atom. The summed E-state index contributed by atoms with van der Waals surface area (Å²) >= 11 is 2.11. The second-order valence-corrected chi connectivity index (χ2v) is 7.56. The SMILES string of the molecule is CCNCc1ccccc1N1CCSC(C)(C)CC1. The molecule has 0 unspecified atom stereocenters. The molecule has 2 rings (SSSR count). The predicted molar refractivity (Wildman–Crippen MR) is 87.2 cm³/mol. The van der Waals surface area contributed by atoms with E-state index in [1.54, 1.807) is 0 Å². The van der Waals surface area contributed by atoms with Crippen LogP contribution in [-0.2, 0) is 6.54 Å². The second kappa shape index (κ2) is 6.67. The minimum absolute atomic E-state index is 0.422. The molecule has 1 aliphatic rings. The maximum Gasteiger partial charge on any atom is 0.0412 e. The molecule has 0 atom stereocenters. The van der Waals surface area contributed by atoms with Crippen molar-refractivity contribution in [1.82, 2.24) is 5.32 Å². The van der Waals surface area contributed by atoms with Crippen LogP contribution in [0.3, 0.4) is 0 Å². The van der Waals surface area contributed by atoms with E-state index in [4.69, 9.17) is 0 Å². The van der Waals surface area contributed by atoms with Crippen LogP contribution in [0.25, 0.3) is 0 Å². The molecular formula is C16H26N2S. The van der Waals surface area contributed by atoms with Crippen molar-refractivity contribution in [3.63, 3.8) is 0 Å². The van der Waals surface area contributed by atoms with E-state index in [-0.39, 0.29) is 0 Å². The second-order valence-electron chi connectivity index (χ2n) is 5.75. The van der Waals surface area contributed by atoms with Crippen LogP contribution in [0.5, 0.6) is 0 Å². The van der Waals surface area contributed by atoms with Crippen LogP contribution < -0.4 is 10.2 Å². The van der Waals surface area contributed by atoms with Gasteiger partial charge in [0.15, 0.2) is 0 Å². The van der Waals surface area contributed by atoms with Crippen molar-refractivity contribution in [1.29, 1.82) is 0 Å². The van der Waals surface area contributed by atoms with Crippen molar-refractivity contribution in [2.45, 2.75) is 38.5 Å². The molecule has 1 aromatic carbocycles. The lowest BCUT2D eigenvalue weighted by atomic mass is 10.1. The topological polar surface area (TPSA) is 15.3 Å². The number of hydrogen-bond acceptors (Lipinski definition) is 3. The van der Waals surface area contributed by atoms with Gasteiger partial charge in [0, 0.05) is 35.8 Å². The van der Waals surface area contributed by atoms with Crippen LogP contribution >= 0.6 is 11.8 Å². The quantitative estimate of drug-likeness (QED) is 0.907. The molecule has 1 aromatic rings. The molecule has 1 aliphatic heterocycles. The van der Waals surface area contributed by atoms with Crippen molar-refractivity contribution in [3.8, 4) is 0 Å². The summed E-state index contributed by atoms with van der Waals surface area (Å²) in [7, 11) is 0. The average Bonchev–Trinajstić information content (AvgIpc) is 2.58. The van der Waals surface area contributed by atoms with E-state index < -0.39 is 0 Å². The first kappa shape index (κ1) is 14.7. The van der Waals surface area contributed by atoms with E-state index in [9.17, 15) is 0 Å². The Labute approximate surface area is 122 Å². The van der Waals surface area contributed by atoms with Crippen LogP contribution in [0, 0.1) is 0 Å². The van der Waals surface area contributed by atoms with Gasteiger partial charge < -0.3 is 10.2 Å². The van der Waals surface area contributed by atoms with E-state index in [1.165, 1.54) is 30.0 Å². The third kappa shape index (κ3) is 4.15. The highest BCUT2D eigenvalue weighted by Crippen LogP contribution is 2.33. The molecule has 1 saturated heterocycles. The summed E-state index contributed by atoms with van der Waals surface area (Å²) in [6, 6.07) is 8.83. The third-order valence-corrected chi connectivity index (χ3v) is 5.11. The van der Waals surface area contributed by atoms with E-state index in [2.05, 4.69) is 67.0 Å². The van der Waals surface area contributed by atoms with Gasteiger partial charge in [-0.1, -0.05) is 39.0 Å². The highest BCUT2D eigenvalue weighted by atomic mass is 32.2. The lowest BCUT2D eigenvalue weighted by molar-refractivity contribution is 0.635. The van der Waals surface area contributed by atoms with Gasteiger partial charge in [0.25, 0.3) is 0 Å². The first-order chi connectivity index (χ1) is 9.12. The van der Waals surface area contributed by atoms with Crippen LogP contribution in [0.4, 0.5) is 5.69 Å². The van der Waals surface area contributed by atoms with Gasteiger partial charge in [-0.2, -0.15) is 11.8 Å². The molecule has 106 valence electrons. The van der Waals surface area contributed by atoms with E-state index in [1.807, 2.05) is 0 Å². The van der Waals surface area contributed by atoms with Gasteiger partial charge in [0.1, 0.15) is 0 Å². The summed E-state index contributed by atoms with van der Waals surface area (Å²) in [4.78, 5) is 2.56. The molecule has 0 saturated carbocycles. The molecule has 0 radical (unpaired) electrons. The standard InChI is InChI=1S/C16H26N2S/c1-4-17-13-14-7-5-6-8-15(14)18-10-9-16(2,3)19-12-11-18/h5-8,17H,4,9-13H2,1-3H3. The highest BCUT2D eigenvalue weighted by molar-refractivity contribution is 8.00. The van der Waals surface area contributed by atoms with Crippen LogP contribution in [0.15, 0.2) is 24.3 Å². The average molecular weight is 278 g/mol. The Bertz CT molecular complexity index is 403. The van der Waals surface area contributed by atoms with Crippen molar-refractivity contribution < 1.29 is 0 Å². The number of para-hydroxylation sites is 1. The van der Waals surface area contributed by atoms with Crippen molar-refractivity contribution in [3.05, 3.63) is 29.8 Å². The molecule has 1 heterocycles. The van der Waals surface area contributed by atoms with Crippen molar-refractivity contribution >= 4 is 17.4 Å². The molecule has 0 spiro atoms. The van der Waals surface area contributed by atoms with Gasteiger partial charge in [-0.3, -0.25) is 0 Å². The zero-order valence-corrected chi connectivity index (χ0v) is 13.2. The number of nitrogens with zero attached hydrogens (tertiary/aromatic N) is 1. The normalized spacial score (nSPS) is 19.2. The van der Waals surface area contributed by atoms with Crippen molar-refractivity contribution in [2.24, 2.45) is 0 Å². The molecule has 2 nitrogen and oxygen atoms in total. The Balaban J connectivity index is 2.12. The van der Waals surface area contributed by atoms with Gasteiger partial charge in [-0.25, -0.2) is 0 Å². The van der Waals surface area contributed by atoms with Gasteiger partial charge in [-0.15, -0.1) is 0 Å². The molecule has 0 aromatic heterocycles. The number of rotatable bonds is 4. The van der Waals surface area contributed by atoms with Crippen molar-refractivity contribution in [2.75, 3.05) is 30.3 Å². The van der Waals surface area contributed by atoms with E-state index in [0.717, 1.165) is 19.6 Å². The minimum Gasteiger partial charge on any atom is -0.370 e. The lowest BCUT2D eigenvalue weighted by Gasteiger charge is -2.26. The third-order valence-electron chi connectivity index (χ3n) is 3.74. The van der Waals surface area contributed by atoms with Crippen LogP contribution in [0.1, 0.15) is 32.8 Å². The molecule has 19 heavy (non-hydrogen) atoms. The maximum atomic E-state index is 3.44. The van der Waals surface area contributed by atoms with Gasteiger partial charge in [0.05, 0.1) is 0 Å². The summed E-state index contributed by atoms with van der Waals surface area (Å²) in [6.07, 6.45) is 1.26. The Hall–Kier alpha value is -0.670. The largest absolute Gasteiger partial charge is 0.370 e. The van der Waals surface area contributed by atoms with Crippen LogP contribution in [-0.4, -0.2) is 30.1 Å². The van der Waals surface area contributed by atoms with Gasteiger partial charge in [-0.05, 0) is 24.6 Å². The predicted octanol–water partition coefficient (Wildman–Crippen LogP) is 3.52. The summed E-state index contributed by atoms with van der Waals surface area (Å²) in [5.41, 5.74) is 2.84. The molecule has 0 amide bonds. The summed E-state index contributed by atoms with van der Waals surface area (Å²) in [6.45, 7) is 11.2. The smallest absolute Gasteiger partial charge is 0.0412 e. The molecular weight excluding hydrogens is 252 g/mol. The minimum atomic E-state index is 0.422. The fourth-order valence-corrected chi connectivity index (χ4v) is 3.59. The molecule has 1 fully saturated rings. The fraction of sp³-hybridized carbons (Fsp3) is 0.625. The molecule has 1 N–H and O–H groups in total. The maximum absolute atomic E-state index is 3.44. The van der Waals surface area contributed by atoms with Gasteiger partial charge in [0.2, 0.25) is 0 Å². The Morgan fingerprint density at radius 3 is 2.84 bits per heavy atom. The lowest BCUT2D eigenvalue weighted by Crippen LogP contribution is -2.28. The summed E-state index contributed by atoms with van der Waals surface area (Å²) < 4.78 is 0.422. The number of thioether (sulfide) groups is 1. The highest BCUT2D eigenvalue weighted by Gasteiger charge is 2.24. The number of nitrogens with one attached hydrogen (secondary N) is 1. The van der Waals surface area contributed by atoms with E-state index >= 15 is 0 Å². The number of benzene rings is 1. The first-order valence-electron chi connectivity index (χ1n) is 7.30. The fourth-order valence-electron chi connectivity index (χ4n) is 2.49. The van der Waals surface area contributed by atoms with E-state index in [0.29, 0.717) is 4.75 Å². The molecule has 0 bridgehead atoms. The zero-order valence-electron chi connectivity index (χ0n) is 12.4. The molecule has 3 heteroatoms. The summed E-state index contributed by atoms with van der Waals surface area (Å²) in [5, 5.41) is 3.44. The Morgan fingerprint density at radius 2 is 2.05 bits per heavy atom. The Kier molecular flexibility index (Phi) is 5.17. The van der Waals surface area contributed by atoms with Gasteiger partial charge >= 0.3 is 0 Å². The zero-order chi connectivity index (χ0) is 13.7. The number of anilines is 1. The first-order valence-corrected chi connectivity index (χ1v) is 8.28. The van der Waals surface area contributed by atoms with Crippen LogP contribution in [0.2, 0.25) is 0 Å². The summed E-state index contributed by atoms with van der Waals surface area (Å²) in [5.74, 6) is 1.22. The number of hydrogen-bond donors (Lipinski definition) is 1.